The SMILES string of the molecule is CC/C=C\C/C=C\C/C=C\C/C=C\CCCCCCCCC(=O)OCC(COC(=O)CCCCCCCC/C=C\C=C/CCCCC)OC(=O)CCCCCCC/C=C\C=C/CCCCCCCCC. The van der Waals surface area contributed by atoms with E-state index >= 15 is 0 Å². The summed E-state index contributed by atoms with van der Waals surface area (Å²) in [5.74, 6) is -0.931. The highest BCUT2D eigenvalue weighted by molar-refractivity contribution is 5.71. The molecule has 70 heavy (non-hydrogen) atoms. The van der Waals surface area contributed by atoms with Gasteiger partial charge in [0, 0.05) is 19.3 Å². The van der Waals surface area contributed by atoms with E-state index in [1.807, 2.05) is 0 Å². The molecule has 0 aromatic rings. The van der Waals surface area contributed by atoms with Gasteiger partial charge in [-0.25, -0.2) is 0 Å². The zero-order valence-electron chi connectivity index (χ0n) is 45.8. The number of allylic oxidation sites excluding steroid dienone is 16. The second-order valence-corrected chi connectivity index (χ2v) is 19.2. The summed E-state index contributed by atoms with van der Waals surface area (Å²) in [6, 6.07) is 0. The molecule has 0 N–H and O–H groups in total. The summed E-state index contributed by atoms with van der Waals surface area (Å²) >= 11 is 0. The van der Waals surface area contributed by atoms with E-state index in [0.717, 1.165) is 122 Å². The Morgan fingerprint density at radius 1 is 0.314 bits per heavy atom. The first-order valence-corrected chi connectivity index (χ1v) is 29.3. The zero-order valence-corrected chi connectivity index (χ0v) is 45.8. The Morgan fingerprint density at radius 3 is 0.986 bits per heavy atom. The highest BCUT2D eigenvalue weighted by Crippen LogP contribution is 2.14. The molecule has 0 rings (SSSR count). The number of hydrogen-bond donors (Lipinski definition) is 0. The summed E-state index contributed by atoms with van der Waals surface area (Å²) in [5.41, 5.74) is 0. The smallest absolute Gasteiger partial charge is 0.306 e. The Bertz CT molecular complexity index is 1400. The number of carbonyl (C=O) groups is 3. The predicted molar refractivity (Wildman–Crippen MR) is 302 cm³/mol. The lowest BCUT2D eigenvalue weighted by Gasteiger charge is -2.18. The van der Waals surface area contributed by atoms with Crippen LogP contribution in [0, 0.1) is 0 Å². The Hall–Kier alpha value is -3.67. The van der Waals surface area contributed by atoms with Gasteiger partial charge in [0.05, 0.1) is 0 Å². The zero-order chi connectivity index (χ0) is 50.7. The minimum absolute atomic E-state index is 0.0952. The molecular weight excluding hydrogens is 865 g/mol. The van der Waals surface area contributed by atoms with Gasteiger partial charge in [-0.1, -0.05) is 240 Å². The highest BCUT2D eigenvalue weighted by atomic mass is 16.6. The largest absolute Gasteiger partial charge is 0.462 e. The van der Waals surface area contributed by atoms with E-state index in [0.29, 0.717) is 19.3 Å². The molecule has 0 heterocycles. The maximum Gasteiger partial charge on any atom is 0.306 e. The molecule has 6 nitrogen and oxygen atoms in total. The summed E-state index contributed by atoms with van der Waals surface area (Å²) in [6.07, 6.45) is 76.7. The van der Waals surface area contributed by atoms with Crippen LogP contribution in [0.1, 0.15) is 271 Å². The second kappa shape index (κ2) is 57.9. The number of unbranched alkanes of at least 4 members (excludes halogenated alkanes) is 27. The number of rotatable bonds is 52. The van der Waals surface area contributed by atoms with Crippen molar-refractivity contribution in [1.82, 2.24) is 0 Å². The third-order valence-electron chi connectivity index (χ3n) is 12.3. The lowest BCUT2D eigenvalue weighted by atomic mass is 10.1. The maximum absolute atomic E-state index is 12.9. The first-order valence-electron chi connectivity index (χ1n) is 29.3. The Balaban J connectivity index is 4.46. The van der Waals surface area contributed by atoms with Gasteiger partial charge in [-0.05, 0) is 109 Å². The second-order valence-electron chi connectivity index (χ2n) is 19.2. The van der Waals surface area contributed by atoms with Crippen LogP contribution in [-0.2, 0) is 28.6 Å². The monoisotopic (exact) mass is 973 g/mol. The van der Waals surface area contributed by atoms with E-state index in [2.05, 4.69) is 118 Å². The van der Waals surface area contributed by atoms with E-state index in [4.69, 9.17) is 14.2 Å². The lowest BCUT2D eigenvalue weighted by Crippen LogP contribution is -2.30. The van der Waals surface area contributed by atoms with Gasteiger partial charge in [0.1, 0.15) is 13.2 Å². The van der Waals surface area contributed by atoms with E-state index in [-0.39, 0.29) is 31.1 Å². The number of carbonyl (C=O) groups excluding carboxylic acids is 3. The molecule has 1 atom stereocenters. The van der Waals surface area contributed by atoms with Crippen LogP contribution in [0.2, 0.25) is 0 Å². The van der Waals surface area contributed by atoms with E-state index < -0.39 is 6.10 Å². The maximum atomic E-state index is 12.9. The predicted octanol–water partition coefficient (Wildman–Crippen LogP) is 19.7. The van der Waals surface area contributed by atoms with Crippen molar-refractivity contribution in [3.63, 3.8) is 0 Å². The Kier molecular flexibility index (Phi) is 54.9. The van der Waals surface area contributed by atoms with Crippen molar-refractivity contribution in [2.45, 2.75) is 277 Å². The van der Waals surface area contributed by atoms with E-state index in [1.165, 1.54) is 109 Å². The molecule has 0 aliphatic carbocycles. The standard InChI is InChI=1S/C64H108O6/c1-4-7-10-13-16-19-22-25-28-30-32-34-36-39-42-45-48-51-54-57-63(66)69-60-61(59-68-62(65)56-53-50-47-44-41-38-35-27-24-21-18-15-12-9-6-3)70-64(67)58-55-52-49-46-43-40-37-33-31-29-26-23-20-17-14-11-8-5-2/h7,10,16,18-19,21,24-25,27-29,31-34,37,61H,4-6,8-9,11-15,17,20,22-23,26,30,35-36,38-60H2,1-3H3/b10-7-,19-16-,21-18-,27-24-,28-25-,31-29-,34-32-,37-33-. The van der Waals surface area contributed by atoms with Crippen LogP contribution in [0.5, 0.6) is 0 Å². The Morgan fingerprint density at radius 2 is 0.600 bits per heavy atom. The van der Waals surface area contributed by atoms with E-state index in [1.54, 1.807) is 0 Å². The van der Waals surface area contributed by atoms with Crippen molar-refractivity contribution in [1.29, 1.82) is 0 Å². The molecule has 400 valence electrons. The molecule has 0 spiro atoms. The molecule has 0 aliphatic rings. The summed E-state index contributed by atoms with van der Waals surface area (Å²) in [6.45, 7) is 6.47. The van der Waals surface area contributed by atoms with Crippen LogP contribution < -0.4 is 0 Å². The fourth-order valence-corrected chi connectivity index (χ4v) is 7.94. The normalized spacial score (nSPS) is 12.8. The first kappa shape index (κ1) is 66.3. The topological polar surface area (TPSA) is 78.9 Å². The van der Waals surface area contributed by atoms with Gasteiger partial charge in [-0.3, -0.25) is 14.4 Å². The van der Waals surface area contributed by atoms with Gasteiger partial charge in [-0.15, -0.1) is 0 Å². The number of esters is 3. The molecular formula is C64H108O6. The first-order chi connectivity index (χ1) is 34.5. The summed E-state index contributed by atoms with van der Waals surface area (Å²) in [7, 11) is 0. The summed E-state index contributed by atoms with van der Waals surface area (Å²) < 4.78 is 16.9. The van der Waals surface area contributed by atoms with Crippen LogP contribution >= 0.6 is 0 Å². The average molecular weight is 974 g/mol. The lowest BCUT2D eigenvalue weighted by molar-refractivity contribution is -0.167. The quantitative estimate of drug-likeness (QED) is 0.0199. The van der Waals surface area contributed by atoms with Gasteiger partial charge >= 0.3 is 17.9 Å². The molecule has 0 aromatic carbocycles. The van der Waals surface area contributed by atoms with Gasteiger partial charge in [0.25, 0.3) is 0 Å². The molecule has 1 unspecified atom stereocenters. The number of ether oxygens (including phenoxy) is 3. The number of hydrogen-bond acceptors (Lipinski definition) is 6. The molecule has 0 aliphatic heterocycles. The van der Waals surface area contributed by atoms with Gasteiger partial charge in [-0.2, -0.15) is 0 Å². The minimum Gasteiger partial charge on any atom is -0.462 e. The van der Waals surface area contributed by atoms with Gasteiger partial charge in [0.15, 0.2) is 6.10 Å². The fourth-order valence-electron chi connectivity index (χ4n) is 7.94. The van der Waals surface area contributed by atoms with Crippen LogP contribution in [0.4, 0.5) is 0 Å². The van der Waals surface area contributed by atoms with Crippen molar-refractivity contribution < 1.29 is 28.6 Å². The average Bonchev–Trinajstić information content (AvgIpc) is 3.36. The van der Waals surface area contributed by atoms with E-state index in [9.17, 15) is 14.4 Å². The third-order valence-corrected chi connectivity index (χ3v) is 12.3. The molecule has 6 heteroatoms. The van der Waals surface area contributed by atoms with Crippen LogP contribution in [0.15, 0.2) is 97.2 Å². The van der Waals surface area contributed by atoms with Crippen molar-refractivity contribution in [3.8, 4) is 0 Å². The van der Waals surface area contributed by atoms with Crippen LogP contribution in [-0.4, -0.2) is 37.2 Å². The van der Waals surface area contributed by atoms with Crippen LogP contribution in [0.25, 0.3) is 0 Å². The van der Waals surface area contributed by atoms with Crippen molar-refractivity contribution in [2.75, 3.05) is 13.2 Å². The van der Waals surface area contributed by atoms with Crippen molar-refractivity contribution in [3.05, 3.63) is 97.2 Å². The summed E-state index contributed by atoms with van der Waals surface area (Å²) in [4.78, 5) is 38.2. The fraction of sp³-hybridized carbons (Fsp3) is 0.703. The molecule has 0 amide bonds. The summed E-state index contributed by atoms with van der Waals surface area (Å²) in [5, 5.41) is 0. The van der Waals surface area contributed by atoms with Gasteiger partial charge in [0.2, 0.25) is 0 Å². The highest BCUT2D eigenvalue weighted by Gasteiger charge is 2.19. The molecule has 0 fully saturated rings. The molecule has 0 aromatic heterocycles. The molecule has 0 bridgehead atoms. The van der Waals surface area contributed by atoms with Gasteiger partial charge < -0.3 is 14.2 Å². The van der Waals surface area contributed by atoms with Crippen LogP contribution in [0.3, 0.4) is 0 Å². The molecule has 0 radical (unpaired) electrons. The Labute approximate surface area is 432 Å². The molecule has 0 saturated heterocycles. The third kappa shape index (κ3) is 55.3. The van der Waals surface area contributed by atoms with Crippen molar-refractivity contribution in [2.24, 2.45) is 0 Å². The molecule has 0 saturated carbocycles. The minimum atomic E-state index is -0.799. The van der Waals surface area contributed by atoms with Crippen molar-refractivity contribution >= 4 is 17.9 Å².